The minimum Gasteiger partial charge on any atom is -0.493 e. The normalized spacial score (nSPS) is 17.1. The Labute approximate surface area is 122 Å². The van der Waals surface area contributed by atoms with Gasteiger partial charge in [0.15, 0.2) is 11.5 Å². The van der Waals surface area contributed by atoms with Crippen molar-refractivity contribution >= 4 is 11.6 Å². The average molecular weight is 287 g/mol. The lowest BCUT2D eigenvalue weighted by Crippen LogP contribution is -2.23. The van der Waals surface area contributed by atoms with E-state index in [1.165, 1.54) is 0 Å². The molecule has 0 saturated heterocycles. The maximum atomic E-state index is 11.9. The van der Waals surface area contributed by atoms with Crippen molar-refractivity contribution in [3.8, 4) is 11.5 Å². The highest BCUT2D eigenvalue weighted by Gasteiger charge is 2.30. The molecule has 1 aliphatic heterocycles. The van der Waals surface area contributed by atoms with E-state index in [4.69, 9.17) is 13.9 Å². The summed E-state index contributed by atoms with van der Waals surface area (Å²) in [4.78, 5) is 11.9. The minimum atomic E-state index is -0.109. The first-order valence-electron chi connectivity index (χ1n) is 6.74. The van der Waals surface area contributed by atoms with Gasteiger partial charge in [0.1, 0.15) is 11.5 Å². The van der Waals surface area contributed by atoms with Crippen LogP contribution < -0.4 is 14.8 Å². The predicted octanol–water partition coefficient (Wildman–Crippen LogP) is 3.08. The van der Waals surface area contributed by atoms with E-state index in [-0.39, 0.29) is 11.8 Å². The van der Waals surface area contributed by atoms with E-state index in [2.05, 4.69) is 5.32 Å². The van der Waals surface area contributed by atoms with Crippen LogP contribution in [0.4, 0.5) is 5.69 Å². The minimum absolute atomic E-state index is 0.0335. The van der Waals surface area contributed by atoms with E-state index in [1.54, 1.807) is 20.3 Å². The lowest BCUT2D eigenvalue weighted by molar-refractivity contribution is -0.116. The molecule has 2 heterocycles. The highest BCUT2D eigenvalue weighted by atomic mass is 16.5. The van der Waals surface area contributed by atoms with E-state index < -0.39 is 0 Å². The molecule has 0 radical (unpaired) electrons. The zero-order valence-electron chi connectivity index (χ0n) is 12.2. The zero-order chi connectivity index (χ0) is 15.0. The number of fused-ring (bicyclic) bond motifs is 1. The smallest absolute Gasteiger partial charge is 0.225 e. The molecular formula is C16H17NO4. The number of methoxy groups -OCH3 is 2. The van der Waals surface area contributed by atoms with Crippen LogP contribution in [0.3, 0.4) is 0 Å². The van der Waals surface area contributed by atoms with Gasteiger partial charge in [-0.25, -0.2) is 0 Å². The van der Waals surface area contributed by atoms with E-state index >= 15 is 0 Å². The SMILES string of the molecule is COc1cc2c(cc1OC)[C@@H](c1ccc(C)o1)CC(=O)N2. The second-order valence-electron chi connectivity index (χ2n) is 5.05. The molecule has 5 nitrogen and oxygen atoms in total. The van der Waals surface area contributed by atoms with Gasteiger partial charge in [0.2, 0.25) is 5.91 Å². The van der Waals surface area contributed by atoms with Crippen molar-refractivity contribution in [3.63, 3.8) is 0 Å². The molecule has 1 aromatic heterocycles. The Kier molecular flexibility index (Phi) is 3.33. The topological polar surface area (TPSA) is 60.7 Å². The summed E-state index contributed by atoms with van der Waals surface area (Å²) in [6.07, 6.45) is 0.357. The number of hydrogen-bond acceptors (Lipinski definition) is 4. The van der Waals surface area contributed by atoms with Crippen LogP contribution in [0.2, 0.25) is 0 Å². The highest BCUT2D eigenvalue weighted by Crippen LogP contribution is 2.43. The Morgan fingerprint density at radius 3 is 2.52 bits per heavy atom. The molecule has 5 heteroatoms. The molecule has 0 spiro atoms. The third kappa shape index (κ3) is 2.35. The van der Waals surface area contributed by atoms with E-state index in [0.29, 0.717) is 17.9 Å². The first-order chi connectivity index (χ1) is 10.1. The Morgan fingerprint density at radius 1 is 1.19 bits per heavy atom. The summed E-state index contributed by atoms with van der Waals surface area (Å²) in [6, 6.07) is 7.51. The summed E-state index contributed by atoms with van der Waals surface area (Å²) in [5.74, 6) is 2.71. The number of carbonyl (C=O) groups is 1. The fourth-order valence-corrected chi connectivity index (χ4v) is 2.68. The Bertz CT molecular complexity index is 690. The van der Waals surface area contributed by atoms with Gasteiger partial charge in [-0.3, -0.25) is 4.79 Å². The number of ether oxygens (including phenoxy) is 2. The quantitative estimate of drug-likeness (QED) is 0.942. The second kappa shape index (κ2) is 5.16. The Hall–Kier alpha value is -2.43. The van der Waals surface area contributed by atoms with Gasteiger partial charge < -0.3 is 19.2 Å². The first kappa shape index (κ1) is 13.5. The number of rotatable bonds is 3. The number of benzene rings is 1. The fraction of sp³-hybridized carbons (Fsp3) is 0.312. The van der Waals surface area contributed by atoms with Crippen LogP contribution >= 0.6 is 0 Å². The molecule has 0 saturated carbocycles. The van der Waals surface area contributed by atoms with Crippen LogP contribution in [0.15, 0.2) is 28.7 Å². The first-order valence-corrected chi connectivity index (χ1v) is 6.74. The molecule has 0 unspecified atom stereocenters. The van der Waals surface area contributed by atoms with E-state index in [0.717, 1.165) is 22.8 Å². The fourth-order valence-electron chi connectivity index (χ4n) is 2.68. The number of aryl methyl sites for hydroxylation is 1. The molecule has 3 rings (SSSR count). The number of hydrogen-bond donors (Lipinski definition) is 1. The molecule has 1 N–H and O–H groups in total. The third-order valence-corrected chi connectivity index (χ3v) is 3.70. The van der Waals surface area contributed by atoms with Gasteiger partial charge in [0, 0.05) is 18.2 Å². The van der Waals surface area contributed by atoms with Gasteiger partial charge in [-0.2, -0.15) is 0 Å². The molecular weight excluding hydrogens is 270 g/mol. The third-order valence-electron chi connectivity index (χ3n) is 3.70. The Balaban J connectivity index is 2.12. The zero-order valence-corrected chi connectivity index (χ0v) is 12.2. The number of anilines is 1. The molecule has 21 heavy (non-hydrogen) atoms. The van der Waals surface area contributed by atoms with Gasteiger partial charge in [-0.1, -0.05) is 0 Å². The van der Waals surface area contributed by atoms with Gasteiger partial charge in [-0.15, -0.1) is 0 Å². The largest absolute Gasteiger partial charge is 0.493 e. The van der Waals surface area contributed by atoms with Crippen LogP contribution in [0, 0.1) is 6.92 Å². The van der Waals surface area contributed by atoms with Gasteiger partial charge in [0.05, 0.1) is 20.1 Å². The molecule has 0 aliphatic carbocycles. The molecule has 0 bridgehead atoms. The van der Waals surface area contributed by atoms with Crippen LogP contribution in [0.1, 0.15) is 29.4 Å². The predicted molar refractivity (Wildman–Crippen MR) is 78.1 cm³/mol. The van der Waals surface area contributed by atoms with E-state index in [9.17, 15) is 4.79 Å². The van der Waals surface area contributed by atoms with Gasteiger partial charge in [0.25, 0.3) is 0 Å². The summed E-state index contributed by atoms with van der Waals surface area (Å²) < 4.78 is 16.3. The van der Waals surface area contributed by atoms with Crippen molar-refractivity contribution in [2.45, 2.75) is 19.3 Å². The summed E-state index contributed by atoms with van der Waals surface area (Å²) in [7, 11) is 3.17. The van der Waals surface area contributed by atoms with Crippen molar-refractivity contribution in [1.29, 1.82) is 0 Å². The van der Waals surface area contributed by atoms with Crippen LogP contribution in [0.5, 0.6) is 11.5 Å². The number of nitrogens with one attached hydrogen (secondary N) is 1. The second-order valence-corrected chi connectivity index (χ2v) is 5.05. The maximum Gasteiger partial charge on any atom is 0.225 e. The summed E-state index contributed by atoms with van der Waals surface area (Å²) in [5, 5.41) is 2.88. The number of furan rings is 1. The van der Waals surface area contributed by atoms with Crippen LogP contribution in [-0.2, 0) is 4.79 Å². The lowest BCUT2D eigenvalue weighted by Gasteiger charge is -2.25. The molecule has 2 aromatic rings. The number of carbonyl (C=O) groups excluding carboxylic acids is 1. The molecule has 1 aliphatic rings. The standard InChI is InChI=1S/C16H17NO4/c1-9-4-5-13(21-9)11-7-16(18)17-12-8-15(20-3)14(19-2)6-10(11)12/h4-6,8,11H,7H2,1-3H3,(H,17,18)/t11-/m0/s1. The van der Waals surface area contributed by atoms with Gasteiger partial charge >= 0.3 is 0 Å². The maximum absolute atomic E-state index is 11.9. The van der Waals surface area contributed by atoms with Crippen molar-refractivity contribution in [3.05, 3.63) is 41.3 Å². The molecule has 0 fully saturated rings. The Morgan fingerprint density at radius 2 is 1.90 bits per heavy atom. The highest BCUT2D eigenvalue weighted by molar-refractivity contribution is 5.95. The van der Waals surface area contributed by atoms with Crippen LogP contribution in [0.25, 0.3) is 0 Å². The molecule has 1 atom stereocenters. The van der Waals surface area contributed by atoms with E-state index in [1.807, 2.05) is 25.1 Å². The monoisotopic (exact) mass is 287 g/mol. The lowest BCUT2D eigenvalue weighted by atomic mass is 9.88. The molecule has 1 aromatic carbocycles. The summed E-state index contributed by atoms with van der Waals surface area (Å²) >= 11 is 0. The van der Waals surface area contributed by atoms with Crippen molar-refractivity contribution < 1.29 is 18.7 Å². The summed E-state index contributed by atoms with van der Waals surface area (Å²) in [6.45, 7) is 1.89. The van der Waals surface area contributed by atoms with Gasteiger partial charge in [-0.05, 0) is 30.7 Å². The van der Waals surface area contributed by atoms with Crippen molar-refractivity contribution in [2.24, 2.45) is 0 Å². The summed E-state index contributed by atoms with van der Waals surface area (Å²) in [5.41, 5.74) is 1.71. The van der Waals surface area contributed by atoms with Crippen molar-refractivity contribution in [2.75, 3.05) is 19.5 Å². The number of amides is 1. The molecule has 1 amide bonds. The average Bonchev–Trinajstić information content (AvgIpc) is 2.91. The molecule has 110 valence electrons. The van der Waals surface area contributed by atoms with Crippen LogP contribution in [-0.4, -0.2) is 20.1 Å². The van der Waals surface area contributed by atoms with Crippen molar-refractivity contribution in [1.82, 2.24) is 0 Å².